The highest BCUT2D eigenvalue weighted by molar-refractivity contribution is 7.89. The summed E-state index contributed by atoms with van der Waals surface area (Å²) < 4.78 is 42.7. The first-order valence-electron chi connectivity index (χ1n) is 18.9. The molecule has 11 heteroatoms. The maximum Gasteiger partial charge on any atom is 0.242 e. The second-order valence-corrected chi connectivity index (χ2v) is 16.4. The Bertz CT molecular complexity index is 2120. The third-order valence-corrected chi connectivity index (χ3v) is 12.1. The number of ether oxygens (including phenoxy) is 2. The number of sulfonamides is 1. The number of nitrogens with one attached hydrogen (secondary N) is 2. The van der Waals surface area contributed by atoms with E-state index in [-0.39, 0.29) is 42.1 Å². The highest BCUT2D eigenvalue weighted by atomic mass is 32.2. The number of aliphatic hydroxyl groups is 2. The molecular weight excluding hydrogens is 727 g/mol. The molecule has 0 saturated carbocycles. The Morgan fingerprint density at radius 3 is 2.04 bits per heavy atom. The Balaban J connectivity index is 1.20. The molecule has 0 unspecified atom stereocenters. The molecule has 0 radical (unpaired) electrons. The largest absolute Gasteiger partial charge is 0.392 e. The van der Waals surface area contributed by atoms with Crippen molar-refractivity contribution in [2.75, 3.05) is 18.9 Å². The number of aliphatic hydroxyl groups excluding tert-OH is 2. The minimum Gasteiger partial charge on any atom is -0.392 e. The van der Waals surface area contributed by atoms with Crippen molar-refractivity contribution in [1.82, 2.24) is 9.62 Å². The number of benzene rings is 5. The molecule has 1 heterocycles. The van der Waals surface area contributed by atoms with E-state index in [2.05, 4.69) is 21.9 Å². The van der Waals surface area contributed by atoms with Crippen LogP contribution in [-0.4, -0.2) is 61.2 Å². The van der Waals surface area contributed by atoms with Gasteiger partial charge in [-0.2, -0.15) is 4.72 Å². The van der Waals surface area contributed by atoms with Crippen molar-refractivity contribution < 1.29 is 32.9 Å². The SMILES string of the molecule is Cc1ccc(S(=O)(=O)N[C@H](Cc2ccccc2)C(=O)Nc2ccc([C@@H]3O[C@H](CN(C)[C@H](C)[C@@H](O)c4ccccc4)[C@H](C)[C@H](c4ccc(CO)cc4)O3)cc2)cc1. The van der Waals surface area contributed by atoms with Gasteiger partial charge >= 0.3 is 0 Å². The van der Waals surface area contributed by atoms with E-state index in [1.165, 1.54) is 12.1 Å². The minimum atomic E-state index is -4.00. The third-order valence-electron chi connectivity index (χ3n) is 10.6. The number of carbonyl (C=O) groups is 1. The molecule has 0 aromatic heterocycles. The summed E-state index contributed by atoms with van der Waals surface area (Å²) in [5.74, 6) is -0.573. The molecule has 1 aliphatic rings. The number of amides is 1. The summed E-state index contributed by atoms with van der Waals surface area (Å²) in [6, 6.07) is 38.9. The first kappa shape index (κ1) is 40.9. The van der Waals surface area contributed by atoms with E-state index < -0.39 is 34.4 Å². The molecule has 56 heavy (non-hydrogen) atoms. The molecule has 0 aliphatic carbocycles. The quantitative estimate of drug-likeness (QED) is 0.0906. The third kappa shape index (κ3) is 10.2. The summed E-state index contributed by atoms with van der Waals surface area (Å²) >= 11 is 0. The van der Waals surface area contributed by atoms with Gasteiger partial charge in [-0.15, -0.1) is 0 Å². The Hall–Kier alpha value is -4.72. The molecule has 7 atom stereocenters. The van der Waals surface area contributed by atoms with Gasteiger partial charge in [0.1, 0.15) is 6.04 Å². The van der Waals surface area contributed by atoms with Crippen LogP contribution in [0.2, 0.25) is 0 Å². The van der Waals surface area contributed by atoms with Gasteiger partial charge in [-0.05, 0) is 73.8 Å². The van der Waals surface area contributed by atoms with Gasteiger partial charge in [0.05, 0.1) is 29.8 Å². The Morgan fingerprint density at radius 1 is 0.804 bits per heavy atom. The summed E-state index contributed by atoms with van der Waals surface area (Å²) in [6.07, 6.45) is -1.92. The Morgan fingerprint density at radius 2 is 1.41 bits per heavy atom. The zero-order valence-electron chi connectivity index (χ0n) is 32.2. The lowest BCUT2D eigenvalue weighted by molar-refractivity contribution is -0.276. The Labute approximate surface area is 330 Å². The van der Waals surface area contributed by atoms with Gasteiger partial charge in [0.15, 0.2) is 6.29 Å². The molecule has 0 spiro atoms. The van der Waals surface area contributed by atoms with Crippen molar-refractivity contribution in [2.24, 2.45) is 5.92 Å². The topological polar surface area (TPSA) is 137 Å². The summed E-state index contributed by atoms with van der Waals surface area (Å²) in [4.78, 5) is 15.9. The number of anilines is 1. The average Bonchev–Trinajstić information content (AvgIpc) is 3.22. The number of hydrogen-bond acceptors (Lipinski definition) is 8. The van der Waals surface area contributed by atoms with E-state index in [1.54, 1.807) is 24.3 Å². The van der Waals surface area contributed by atoms with Crippen LogP contribution in [0.3, 0.4) is 0 Å². The van der Waals surface area contributed by atoms with Crippen molar-refractivity contribution in [3.63, 3.8) is 0 Å². The van der Waals surface area contributed by atoms with Crippen LogP contribution < -0.4 is 10.0 Å². The predicted molar refractivity (Wildman–Crippen MR) is 217 cm³/mol. The minimum absolute atomic E-state index is 0.0589. The van der Waals surface area contributed by atoms with Gasteiger partial charge in [-0.1, -0.05) is 122 Å². The molecule has 4 N–H and O–H groups in total. The predicted octanol–water partition coefficient (Wildman–Crippen LogP) is 6.86. The van der Waals surface area contributed by atoms with Crippen LogP contribution in [0.4, 0.5) is 5.69 Å². The number of aryl methyl sites for hydroxylation is 1. The molecular formula is C45H51N3O7S. The lowest BCUT2D eigenvalue weighted by atomic mass is 9.89. The molecule has 10 nitrogen and oxygen atoms in total. The van der Waals surface area contributed by atoms with Crippen molar-refractivity contribution in [2.45, 2.75) is 75.4 Å². The van der Waals surface area contributed by atoms with Crippen molar-refractivity contribution in [3.05, 3.63) is 167 Å². The first-order valence-corrected chi connectivity index (χ1v) is 20.4. The number of carbonyl (C=O) groups excluding carboxylic acids is 1. The van der Waals surface area contributed by atoms with E-state index >= 15 is 0 Å². The van der Waals surface area contributed by atoms with Crippen molar-refractivity contribution in [1.29, 1.82) is 0 Å². The highest BCUT2D eigenvalue weighted by Crippen LogP contribution is 2.42. The van der Waals surface area contributed by atoms with Gasteiger partial charge < -0.3 is 25.0 Å². The number of hydrogen-bond donors (Lipinski definition) is 4. The summed E-state index contributed by atoms with van der Waals surface area (Å²) in [7, 11) is -2.03. The van der Waals surface area contributed by atoms with Crippen LogP contribution >= 0.6 is 0 Å². The molecule has 1 aliphatic heterocycles. The van der Waals surface area contributed by atoms with Gasteiger partial charge in [0.25, 0.3) is 0 Å². The molecule has 1 amide bonds. The highest BCUT2D eigenvalue weighted by Gasteiger charge is 2.39. The van der Waals surface area contributed by atoms with Gasteiger partial charge in [0.2, 0.25) is 15.9 Å². The fourth-order valence-electron chi connectivity index (χ4n) is 6.91. The van der Waals surface area contributed by atoms with Crippen LogP contribution in [0.25, 0.3) is 0 Å². The second kappa shape index (κ2) is 18.5. The second-order valence-electron chi connectivity index (χ2n) is 14.6. The summed E-state index contributed by atoms with van der Waals surface area (Å²) in [6.45, 7) is 6.43. The van der Waals surface area contributed by atoms with Crippen molar-refractivity contribution >= 4 is 21.6 Å². The summed E-state index contributed by atoms with van der Waals surface area (Å²) in [5, 5.41) is 23.7. The number of rotatable bonds is 15. The lowest BCUT2D eigenvalue weighted by Gasteiger charge is -2.43. The van der Waals surface area contributed by atoms with E-state index in [1.807, 2.05) is 118 Å². The van der Waals surface area contributed by atoms with Gasteiger partial charge in [-0.25, -0.2) is 8.42 Å². The molecule has 294 valence electrons. The molecule has 5 aromatic carbocycles. The van der Waals surface area contributed by atoms with Crippen LogP contribution in [-0.2, 0) is 37.3 Å². The van der Waals surface area contributed by atoms with Crippen LogP contribution in [0, 0.1) is 12.8 Å². The smallest absolute Gasteiger partial charge is 0.242 e. The standard InChI is InChI=1S/C45H51N3O7S/c1-30-15-25-39(26-16-30)56(52,53)47-40(27-33-11-7-5-8-12-33)44(51)46-38-23-21-37(22-24-38)45-54-41(28-48(4)32(3)42(50)35-13-9-6-10-14-35)31(2)43(55-45)36-19-17-34(29-49)18-20-36/h5-26,31-32,40-43,45,47,49-50H,27-29H2,1-4H3,(H,46,51)/t31-,32+,40+,41+,42+,43+,45+/m0/s1. The van der Waals surface area contributed by atoms with Crippen LogP contribution in [0.15, 0.2) is 138 Å². The number of likely N-dealkylation sites (N-methyl/N-ethyl adjacent to an activating group) is 1. The van der Waals surface area contributed by atoms with Crippen LogP contribution in [0.5, 0.6) is 0 Å². The van der Waals surface area contributed by atoms with E-state index in [0.717, 1.165) is 33.4 Å². The summed E-state index contributed by atoms with van der Waals surface area (Å²) in [5.41, 5.74) is 5.54. The fourth-order valence-corrected chi connectivity index (χ4v) is 8.11. The molecule has 5 aromatic rings. The zero-order valence-corrected chi connectivity index (χ0v) is 33.0. The normalized spacial score (nSPS) is 20.3. The fraction of sp³-hybridized carbons (Fsp3) is 0.311. The van der Waals surface area contributed by atoms with E-state index in [4.69, 9.17) is 9.47 Å². The van der Waals surface area contributed by atoms with Gasteiger partial charge in [0, 0.05) is 29.8 Å². The Kier molecular flexibility index (Phi) is 13.5. The monoisotopic (exact) mass is 777 g/mol. The van der Waals surface area contributed by atoms with Crippen molar-refractivity contribution in [3.8, 4) is 0 Å². The first-order chi connectivity index (χ1) is 26.9. The maximum absolute atomic E-state index is 13.8. The lowest BCUT2D eigenvalue weighted by Crippen LogP contribution is -2.46. The van der Waals surface area contributed by atoms with Crippen LogP contribution in [0.1, 0.15) is 65.7 Å². The van der Waals surface area contributed by atoms with E-state index in [0.29, 0.717) is 12.2 Å². The molecule has 1 fully saturated rings. The molecule has 6 rings (SSSR count). The zero-order chi connectivity index (χ0) is 39.8. The number of nitrogens with zero attached hydrogens (tertiary/aromatic N) is 1. The average molecular weight is 778 g/mol. The molecule has 0 bridgehead atoms. The van der Waals surface area contributed by atoms with E-state index in [9.17, 15) is 23.4 Å². The molecule has 1 saturated heterocycles. The van der Waals surface area contributed by atoms with Gasteiger partial charge in [-0.3, -0.25) is 9.69 Å². The maximum atomic E-state index is 13.8.